The first-order valence-electron chi connectivity index (χ1n) is 15.1. The van der Waals surface area contributed by atoms with Crippen molar-refractivity contribution in [2.45, 2.75) is 45.3 Å². The molecule has 0 bridgehead atoms. The lowest BCUT2D eigenvalue weighted by atomic mass is 9.99. The molecule has 0 saturated heterocycles. The Labute approximate surface area is 261 Å². The van der Waals surface area contributed by atoms with Gasteiger partial charge in [-0.15, -0.1) is 6.58 Å². The molecule has 0 saturated carbocycles. The van der Waals surface area contributed by atoms with Crippen molar-refractivity contribution in [3.63, 3.8) is 0 Å². The van der Waals surface area contributed by atoms with Crippen LogP contribution < -0.4 is 9.64 Å². The number of anilines is 3. The van der Waals surface area contributed by atoms with Gasteiger partial charge >= 0.3 is 0 Å². The number of aryl methyl sites for hydroxylation is 4. The van der Waals surface area contributed by atoms with E-state index in [1.807, 2.05) is 24.3 Å². The van der Waals surface area contributed by atoms with Crippen LogP contribution in [0.3, 0.4) is 0 Å². The Morgan fingerprint density at radius 1 is 0.659 bits per heavy atom. The van der Waals surface area contributed by atoms with Crippen molar-refractivity contribution in [2.24, 2.45) is 0 Å². The van der Waals surface area contributed by atoms with Crippen LogP contribution in [0.1, 0.15) is 29.2 Å². The first-order valence-corrected chi connectivity index (χ1v) is 15.1. The van der Waals surface area contributed by atoms with Crippen molar-refractivity contribution in [3.8, 4) is 16.9 Å². The molecule has 4 nitrogen and oxygen atoms in total. The van der Waals surface area contributed by atoms with Gasteiger partial charge < -0.3 is 19.8 Å². The number of nitrogens with zero attached hydrogens (tertiary/aromatic N) is 1. The molecule has 4 heteroatoms. The molecule has 0 aromatic heterocycles. The maximum Gasteiger partial charge on any atom is 0.158 e. The zero-order valence-corrected chi connectivity index (χ0v) is 25.8. The molecule has 0 heterocycles. The summed E-state index contributed by atoms with van der Waals surface area (Å²) < 4.78 is 5.89. The van der Waals surface area contributed by atoms with E-state index in [1.54, 1.807) is 6.92 Å². The van der Waals surface area contributed by atoms with E-state index >= 15 is 0 Å². The highest BCUT2D eigenvalue weighted by Gasteiger charge is 2.33. The Bertz CT molecular complexity index is 1640. The smallest absolute Gasteiger partial charge is 0.158 e. The lowest BCUT2D eigenvalue weighted by molar-refractivity contribution is -0.0525. The minimum atomic E-state index is -1.14. The number of benzene rings is 5. The third-order valence-electron chi connectivity index (χ3n) is 8.14. The fourth-order valence-electron chi connectivity index (χ4n) is 5.22. The largest absolute Gasteiger partial charge is 0.482 e. The van der Waals surface area contributed by atoms with Crippen LogP contribution in [0, 0.1) is 13.8 Å². The lowest BCUT2D eigenvalue weighted by Crippen LogP contribution is -2.47. The van der Waals surface area contributed by atoms with Crippen LogP contribution in [-0.2, 0) is 12.8 Å². The van der Waals surface area contributed by atoms with E-state index in [-0.39, 0.29) is 6.61 Å². The zero-order valence-electron chi connectivity index (χ0n) is 25.8. The van der Waals surface area contributed by atoms with Gasteiger partial charge in [0.15, 0.2) is 5.60 Å². The minimum absolute atomic E-state index is 0.321. The molecule has 2 atom stereocenters. The van der Waals surface area contributed by atoms with E-state index in [0.717, 1.165) is 29.9 Å². The number of ether oxygens (including phenoxy) is 1. The van der Waals surface area contributed by atoms with Gasteiger partial charge in [-0.25, -0.2) is 0 Å². The monoisotopic (exact) mass is 583 g/mol. The van der Waals surface area contributed by atoms with Crippen molar-refractivity contribution < 1.29 is 14.9 Å². The first kappa shape index (κ1) is 30.8. The molecule has 0 aliphatic rings. The van der Waals surface area contributed by atoms with Gasteiger partial charge in [0, 0.05) is 17.1 Å². The van der Waals surface area contributed by atoms with Crippen molar-refractivity contribution in [2.75, 3.05) is 11.5 Å². The average molecular weight is 584 g/mol. The predicted molar refractivity (Wildman–Crippen MR) is 182 cm³/mol. The number of aliphatic hydroxyl groups is 2. The molecule has 2 unspecified atom stereocenters. The summed E-state index contributed by atoms with van der Waals surface area (Å²) >= 11 is 0. The molecule has 5 rings (SSSR count). The number of hydrogen-bond donors (Lipinski definition) is 2. The van der Waals surface area contributed by atoms with E-state index in [4.69, 9.17) is 4.74 Å². The second kappa shape index (κ2) is 13.8. The average Bonchev–Trinajstić information content (AvgIpc) is 3.06. The van der Waals surface area contributed by atoms with E-state index < -0.39 is 11.7 Å². The molecule has 0 spiro atoms. The van der Waals surface area contributed by atoms with Gasteiger partial charge in [0.25, 0.3) is 0 Å². The summed E-state index contributed by atoms with van der Waals surface area (Å²) in [6, 6.07) is 42.7. The van der Waals surface area contributed by atoms with Gasteiger partial charge in [-0.1, -0.05) is 90.0 Å². The fraction of sp³-hybridized carbons (Fsp3) is 0.200. The maximum atomic E-state index is 10.2. The summed E-state index contributed by atoms with van der Waals surface area (Å²) in [5.41, 5.74) is 9.54. The van der Waals surface area contributed by atoms with Crippen LogP contribution in [0.25, 0.3) is 11.1 Å². The SMILES string of the molecule is C=CC(O)C(C)(CO)Oc1ccc(CCc2ccc(N(c3ccc(C)cc3)c3ccc(-c4ccc(C)cc4)cc3)cc2)cc1. The molecule has 0 aliphatic heterocycles. The highest BCUT2D eigenvalue weighted by molar-refractivity contribution is 5.78. The van der Waals surface area contributed by atoms with Crippen molar-refractivity contribution >= 4 is 17.1 Å². The second-order valence-electron chi connectivity index (χ2n) is 11.6. The fourth-order valence-corrected chi connectivity index (χ4v) is 5.22. The van der Waals surface area contributed by atoms with Gasteiger partial charge in [-0.3, -0.25) is 0 Å². The normalized spacial score (nSPS) is 13.1. The molecule has 5 aromatic carbocycles. The van der Waals surface area contributed by atoms with Gasteiger partial charge in [-0.2, -0.15) is 0 Å². The maximum absolute atomic E-state index is 10.2. The minimum Gasteiger partial charge on any atom is -0.482 e. The number of rotatable bonds is 12. The van der Waals surface area contributed by atoms with Crippen LogP contribution in [0.15, 0.2) is 134 Å². The summed E-state index contributed by atoms with van der Waals surface area (Å²) in [6.07, 6.45) is 2.18. The summed E-state index contributed by atoms with van der Waals surface area (Å²) in [5, 5.41) is 19.9. The van der Waals surface area contributed by atoms with Crippen molar-refractivity contribution in [1.29, 1.82) is 0 Å². The van der Waals surface area contributed by atoms with Crippen LogP contribution >= 0.6 is 0 Å². The van der Waals surface area contributed by atoms with E-state index in [1.165, 1.54) is 39.5 Å². The van der Waals surface area contributed by atoms with E-state index in [9.17, 15) is 10.2 Å². The Hall–Kier alpha value is -4.64. The van der Waals surface area contributed by atoms with E-state index in [2.05, 4.69) is 122 Å². The molecule has 2 N–H and O–H groups in total. The standard InChI is InChI=1S/C40H41NO3/c1-5-39(43)40(4,28-42)44-38-26-14-32(15-27-38)11-10-31-12-22-36(23-13-31)41(35-20-8-30(3)9-21-35)37-24-18-34(19-25-37)33-16-6-29(2)7-17-33/h5-9,12-27,39,42-43H,1,10-11,28H2,2-4H3. The summed E-state index contributed by atoms with van der Waals surface area (Å²) in [7, 11) is 0. The Balaban J connectivity index is 1.30. The zero-order chi connectivity index (χ0) is 31.1. The highest BCUT2D eigenvalue weighted by atomic mass is 16.5. The Morgan fingerprint density at radius 3 is 1.50 bits per heavy atom. The number of hydrogen-bond acceptors (Lipinski definition) is 4. The molecular formula is C40H41NO3. The van der Waals surface area contributed by atoms with Crippen LogP contribution in [-0.4, -0.2) is 28.5 Å². The summed E-state index contributed by atoms with van der Waals surface area (Å²) in [6.45, 7) is 9.17. The van der Waals surface area contributed by atoms with Crippen LogP contribution in [0.2, 0.25) is 0 Å². The summed E-state index contributed by atoms with van der Waals surface area (Å²) in [5.74, 6) is 0.596. The van der Waals surface area contributed by atoms with E-state index in [0.29, 0.717) is 5.75 Å². The van der Waals surface area contributed by atoms with Gasteiger partial charge in [-0.05, 0) is 104 Å². The van der Waals surface area contributed by atoms with Crippen molar-refractivity contribution in [3.05, 3.63) is 156 Å². The topological polar surface area (TPSA) is 52.9 Å². The second-order valence-corrected chi connectivity index (χ2v) is 11.6. The molecule has 44 heavy (non-hydrogen) atoms. The Kier molecular flexibility index (Phi) is 9.64. The molecule has 0 radical (unpaired) electrons. The third kappa shape index (κ3) is 7.28. The number of aliphatic hydroxyl groups excluding tert-OH is 2. The molecule has 0 amide bonds. The molecule has 5 aromatic rings. The van der Waals surface area contributed by atoms with Crippen LogP contribution in [0.5, 0.6) is 5.75 Å². The van der Waals surface area contributed by atoms with Gasteiger partial charge in [0.05, 0.1) is 6.61 Å². The lowest BCUT2D eigenvalue weighted by Gasteiger charge is -2.31. The summed E-state index contributed by atoms with van der Waals surface area (Å²) in [4.78, 5) is 2.30. The third-order valence-corrected chi connectivity index (χ3v) is 8.14. The Morgan fingerprint density at radius 2 is 1.05 bits per heavy atom. The van der Waals surface area contributed by atoms with Crippen molar-refractivity contribution in [1.82, 2.24) is 0 Å². The molecule has 0 fully saturated rings. The van der Waals surface area contributed by atoms with Crippen LogP contribution in [0.4, 0.5) is 17.1 Å². The quantitative estimate of drug-likeness (QED) is 0.144. The first-order chi connectivity index (χ1) is 21.3. The van der Waals surface area contributed by atoms with Gasteiger partial charge in [0.2, 0.25) is 0 Å². The van der Waals surface area contributed by atoms with Gasteiger partial charge in [0.1, 0.15) is 11.9 Å². The highest BCUT2D eigenvalue weighted by Crippen LogP contribution is 2.36. The molecular weight excluding hydrogens is 542 g/mol. The molecule has 0 aliphatic carbocycles. The molecule has 224 valence electrons. The predicted octanol–water partition coefficient (Wildman–Crippen LogP) is 8.90.